The van der Waals surface area contributed by atoms with Crippen LogP contribution in [0, 0.1) is 0 Å². The molecule has 0 aliphatic heterocycles. The normalized spacial score (nSPS) is 13.7. The summed E-state index contributed by atoms with van der Waals surface area (Å²) in [5.74, 6) is 0. The average Bonchev–Trinajstić information content (AvgIpc) is 2.82. The lowest BCUT2D eigenvalue weighted by Gasteiger charge is -2.09. The smallest absolute Gasteiger partial charge is 0.0418 e. The van der Waals surface area contributed by atoms with E-state index in [1.807, 2.05) is 23.9 Å². The van der Waals surface area contributed by atoms with E-state index in [0.29, 0.717) is 0 Å². The lowest BCUT2D eigenvalue weighted by molar-refractivity contribution is 0.906. The third-order valence-corrected chi connectivity index (χ3v) is 5.55. The second-order valence-electron chi connectivity index (χ2n) is 4.42. The molecule has 3 rings (SSSR count). The lowest BCUT2D eigenvalue weighted by atomic mass is 10.1. The summed E-state index contributed by atoms with van der Waals surface area (Å²) >= 11 is 11.4. The number of halogens is 2. The highest BCUT2D eigenvalue weighted by Crippen LogP contribution is 2.39. The molecule has 0 saturated heterocycles. The summed E-state index contributed by atoms with van der Waals surface area (Å²) in [6.07, 6.45) is 3.73. The van der Waals surface area contributed by atoms with Crippen LogP contribution in [0.1, 0.15) is 17.5 Å². The van der Waals surface area contributed by atoms with Crippen LogP contribution in [0.4, 0.5) is 0 Å². The zero-order valence-electron chi connectivity index (χ0n) is 9.75. The van der Waals surface area contributed by atoms with Crippen LogP contribution in [0.2, 0.25) is 5.02 Å². The predicted molar refractivity (Wildman–Crippen MR) is 81.7 cm³/mol. The summed E-state index contributed by atoms with van der Waals surface area (Å²) in [6.45, 7) is 0. The number of benzene rings is 2. The maximum absolute atomic E-state index is 5.97. The largest absolute Gasteiger partial charge is 0.0886 e. The second kappa shape index (κ2) is 5.28. The van der Waals surface area contributed by atoms with Crippen molar-refractivity contribution in [2.75, 3.05) is 0 Å². The Labute approximate surface area is 125 Å². The van der Waals surface area contributed by atoms with Crippen molar-refractivity contribution in [1.82, 2.24) is 0 Å². The number of rotatable bonds is 2. The first-order chi connectivity index (χ1) is 8.74. The molecule has 2 aromatic carbocycles. The molecule has 2 aromatic rings. The van der Waals surface area contributed by atoms with Crippen molar-refractivity contribution in [2.24, 2.45) is 0 Å². The second-order valence-corrected chi connectivity index (χ2v) is 6.80. The quantitative estimate of drug-likeness (QED) is 0.672. The van der Waals surface area contributed by atoms with Gasteiger partial charge in [-0.25, -0.2) is 0 Å². The van der Waals surface area contributed by atoms with Gasteiger partial charge in [0.25, 0.3) is 0 Å². The Morgan fingerprint density at radius 1 is 1.06 bits per heavy atom. The molecule has 0 radical (unpaired) electrons. The maximum Gasteiger partial charge on any atom is 0.0418 e. The Morgan fingerprint density at radius 2 is 1.94 bits per heavy atom. The van der Waals surface area contributed by atoms with E-state index in [9.17, 15) is 0 Å². The Kier molecular flexibility index (Phi) is 3.69. The summed E-state index contributed by atoms with van der Waals surface area (Å²) in [5.41, 5.74) is 3.05. The van der Waals surface area contributed by atoms with Crippen LogP contribution in [0.3, 0.4) is 0 Å². The Bertz CT molecular complexity index is 595. The Balaban J connectivity index is 1.95. The van der Waals surface area contributed by atoms with Crippen LogP contribution >= 0.6 is 39.3 Å². The van der Waals surface area contributed by atoms with Crippen molar-refractivity contribution in [2.45, 2.75) is 29.1 Å². The van der Waals surface area contributed by atoms with E-state index >= 15 is 0 Å². The molecule has 0 spiro atoms. The average molecular weight is 340 g/mol. The molecule has 1 aliphatic carbocycles. The zero-order valence-corrected chi connectivity index (χ0v) is 12.9. The van der Waals surface area contributed by atoms with Gasteiger partial charge >= 0.3 is 0 Å². The standard InChI is InChI=1S/C15H12BrClS/c16-13-9-11(17)7-8-15(13)18-14-6-2-4-10-3-1-5-12(10)14/h2,4,6-9H,1,3,5H2. The molecule has 1 aliphatic rings. The Hall–Kier alpha value is -0.440. The fourth-order valence-electron chi connectivity index (χ4n) is 2.36. The molecule has 18 heavy (non-hydrogen) atoms. The van der Waals surface area contributed by atoms with Crippen molar-refractivity contribution in [3.8, 4) is 0 Å². The molecule has 0 fully saturated rings. The van der Waals surface area contributed by atoms with Crippen molar-refractivity contribution < 1.29 is 0 Å². The number of fused-ring (bicyclic) bond motifs is 1. The third kappa shape index (κ3) is 2.47. The molecule has 92 valence electrons. The van der Waals surface area contributed by atoms with Gasteiger partial charge < -0.3 is 0 Å². The van der Waals surface area contributed by atoms with Gasteiger partial charge in [-0.3, -0.25) is 0 Å². The molecule has 0 amide bonds. The highest BCUT2D eigenvalue weighted by Gasteiger charge is 2.15. The van der Waals surface area contributed by atoms with Crippen molar-refractivity contribution in [3.05, 3.63) is 57.0 Å². The van der Waals surface area contributed by atoms with Crippen LogP contribution in [0.25, 0.3) is 0 Å². The van der Waals surface area contributed by atoms with Gasteiger partial charge in [0.15, 0.2) is 0 Å². The highest BCUT2D eigenvalue weighted by atomic mass is 79.9. The van der Waals surface area contributed by atoms with Gasteiger partial charge in [0.05, 0.1) is 0 Å². The molecule has 0 bridgehead atoms. The Morgan fingerprint density at radius 3 is 2.78 bits per heavy atom. The zero-order chi connectivity index (χ0) is 12.5. The maximum atomic E-state index is 5.97. The van der Waals surface area contributed by atoms with Crippen LogP contribution in [0.5, 0.6) is 0 Å². The van der Waals surface area contributed by atoms with E-state index in [0.717, 1.165) is 9.50 Å². The molecule has 0 N–H and O–H groups in total. The van der Waals surface area contributed by atoms with E-state index in [4.69, 9.17) is 11.6 Å². The van der Waals surface area contributed by atoms with E-state index in [2.05, 4.69) is 40.2 Å². The number of hydrogen-bond acceptors (Lipinski definition) is 1. The molecule has 0 saturated carbocycles. The van der Waals surface area contributed by atoms with Gasteiger partial charge in [0.2, 0.25) is 0 Å². The molecule has 0 heterocycles. The van der Waals surface area contributed by atoms with Crippen molar-refractivity contribution in [1.29, 1.82) is 0 Å². The van der Waals surface area contributed by atoms with E-state index in [-0.39, 0.29) is 0 Å². The fourth-order valence-corrected chi connectivity index (χ4v) is 4.31. The summed E-state index contributed by atoms with van der Waals surface area (Å²) in [6, 6.07) is 12.6. The van der Waals surface area contributed by atoms with E-state index in [1.165, 1.54) is 40.2 Å². The lowest BCUT2D eigenvalue weighted by Crippen LogP contribution is -1.86. The molecule has 3 heteroatoms. The molecule has 0 aromatic heterocycles. The fraction of sp³-hybridized carbons (Fsp3) is 0.200. The van der Waals surface area contributed by atoms with Gasteiger partial charge in [0.1, 0.15) is 0 Å². The molecule has 0 unspecified atom stereocenters. The van der Waals surface area contributed by atoms with Crippen molar-refractivity contribution in [3.63, 3.8) is 0 Å². The summed E-state index contributed by atoms with van der Waals surface area (Å²) in [7, 11) is 0. The third-order valence-electron chi connectivity index (χ3n) is 3.22. The topological polar surface area (TPSA) is 0 Å². The first-order valence-corrected chi connectivity index (χ1v) is 7.96. The predicted octanol–water partition coefficient (Wildman–Crippen LogP) is 5.74. The van der Waals surface area contributed by atoms with Gasteiger partial charge in [-0.1, -0.05) is 35.5 Å². The van der Waals surface area contributed by atoms with Gasteiger partial charge in [-0.2, -0.15) is 0 Å². The van der Waals surface area contributed by atoms with Crippen LogP contribution < -0.4 is 0 Å². The van der Waals surface area contributed by atoms with Gasteiger partial charge in [0, 0.05) is 19.3 Å². The first kappa shape index (κ1) is 12.6. The summed E-state index contributed by atoms with van der Waals surface area (Å²) in [4.78, 5) is 2.60. The summed E-state index contributed by atoms with van der Waals surface area (Å²) in [5, 5.41) is 0.768. The van der Waals surface area contributed by atoms with Crippen LogP contribution in [-0.2, 0) is 12.8 Å². The minimum absolute atomic E-state index is 0.768. The highest BCUT2D eigenvalue weighted by molar-refractivity contribution is 9.10. The SMILES string of the molecule is Clc1ccc(Sc2cccc3c2CCC3)c(Br)c1. The number of hydrogen-bond donors (Lipinski definition) is 0. The number of aryl methyl sites for hydroxylation is 1. The van der Waals surface area contributed by atoms with E-state index < -0.39 is 0 Å². The first-order valence-electron chi connectivity index (χ1n) is 5.98. The molecular formula is C15H12BrClS. The van der Waals surface area contributed by atoms with E-state index in [1.54, 1.807) is 0 Å². The summed E-state index contributed by atoms with van der Waals surface area (Å²) < 4.78 is 1.07. The molecule has 0 atom stereocenters. The van der Waals surface area contributed by atoms with Gasteiger partial charge in [-0.15, -0.1) is 0 Å². The monoisotopic (exact) mass is 338 g/mol. The molecular weight excluding hydrogens is 328 g/mol. The minimum atomic E-state index is 0.768. The van der Waals surface area contributed by atoms with Crippen LogP contribution in [-0.4, -0.2) is 0 Å². The minimum Gasteiger partial charge on any atom is -0.0886 e. The van der Waals surface area contributed by atoms with Crippen LogP contribution in [0.15, 0.2) is 50.7 Å². The molecule has 0 nitrogen and oxygen atoms in total. The van der Waals surface area contributed by atoms with Crippen molar-refractivity contribution >= 4 is 39.3 Å². The van der Waals surface area contributed by atoms with Gasteiger partial charge in [-0.05, 0) is 70.6 Å².